The summed E-state index contributed by atoms with van der Waals surface area (Å²) < 4.78 is 5.82. The second-order valence-electron chi connectivity index (χ2n) is 7.61. The van der Waals surface area contributed by atoms with Gasteiger partial charge in [0, 0.05) is 27.6 Å². The molecule has 2 bridgehead atoms. The zero-order valence-corrected chi connectivity index (χ0v) is 17.9. The van der Waals surface area contributed by atoms with Crippen molar-refractivity contribution in [1.82, 2.24) is 9.80 Å². The molecule has 0 radical (unpaired) electrons. The molecule has 3 unspecified atom stereocenters. The van der Waals surface area contributed by atoms with Gasteiger partial charge in [0.15, 0.2) is 0 Å². The van der Waals surface area contributed by atoms with Crippen molar-refractivity contribution in [3.8, 4) is 0 Å². The molecule has 2 heterocycles. The molecule has 3 aliphatic rings. The Hall–Kier alpha value is -1.38. The van der Waals surface area contributed by atoms with Crippen LogP contribution in [0, 0.1) is 5.92 Å². The van der Waals surface area contributed by atoms with Crippen molar-refractivity contribution in [1.29, 1.82) is 0 Å². The van der Waals surface area contributed by atoms with Crippen molar-refractivity contribution in [3.05, 3.63) is 54.3 Å². The lowest BCUT2D eigenvalue weighted by Gasteiger charge is -2.58. The molecule has 0 spiro atoms. The van der Waals surface area contributed by atoms with E-state index >= 15 is 0 Å². The molecule has 1 N–H and O–H groups in total. The quantitative estimate of drug-likeness (QED) is 0.521. The van der Waals surface area contributed by atoms with Gasteiger partial charge in [-0.05, 0) is 50.7 Å². The second-order valence-corrected chi connectivity index (χ2v) is 9.75. The maximum Gasteiger partial charge on any atom is 0.417 e. The summed E-state index contributed by atoms with van der Waals surface area (Å²) in [4.78, 5) is 17.3. The third kappa shape index (κ3) is 3.67. The van der Waals surface area contributed by atoms with E-state index in [0.717, 1.165) is 31.6 Å². The molecule has 1 amide bonds. The Labute approximate surface area is 174 Å². The molecular weight excluding hydrogens is 453 g/mol. The molecule has 2 aliphatic heterocycles. The van der Waals surface area contributed by atoms with Gasteiger partial charge in [0.25, 0.3) is 0 Å². The van der Waals surface area contributed by atoms with Crippen LogP contribution >= 0.6 is 22.6 Å². The van der Waals surface area contributed by atoms with Gasteiger partial charge in [0.2, 0.25) is 0 Å². The number of anilines is 1. The van der Waals surface area contributed by atoms with Crippen LogP contribution in [0.15, 0.2) is 54.3 Å². The van der Waals surface area contributed by atoms with Crippen LogP contribution in [0.5, 0.6) is 0 Å². The number of rotatable bonds is 3. The molecule has 6 heteroatoms. The van der Waals surface area contributed by atoms with Gasteiger partial charge in [-0.15, -0.1) is 0 Å². The highest BCUT2D eigenvalue weighted by Gasteiger charge is 2.53. The van der Waals surface area contributed by atoms with Crippen molar-refractivity contribution < 1.29 is 9.53 Å². The minimum absolute atomic E-state index is 0.209. The van der Waals surface area contributed by atoms with E-state index in [-0.39, 0.29) is 3.42 Å². The largest absolute Gasteiger partial charge is 0.417 e. The number of fused-ring (bicyclic) bond motifs is 4. The molecule has 2 saturated heterocycles. The Morgan fingerprint density at radius 3 is 2.89 bits per heavy atom. The summed E-state index contributed by atoms with van der Waals surface area (Å²) >= 11 is 2.67. The topological polar surface area (TPSA) is 44.8 Å². The Morgan fingerprint density at radius 2 is 2.15 bits per heavy atom. The lowest BCUT2D eigenvalue weighted by atomic mass is 9.72. The van der Waals surface area contributed by atoms with Gasteiger partial charge in [-0.2, -0.15) is 0 Å². The van der Waals surface area contributed by atoms with E-state index in [1.807, 2.05) is 36.4 Å². The molecule has 1 aliphatic carbocycles. The number of alkyl halides is 1. The second kappa shape index (κ2) is 7.56. The first-order chi connectivity index (χ1) is 13.0. The molecular formula is C21H26IN3O2. The maximum atomic E-state index is 12.3. The van der Waals surface area contributed by atoms with Gasteiger partial charge < -0.3 is 4.74 Å². The third-order valence-electron chi connectivity index (χ3n) is 6.04. The number of hydrogen-bond donors (Lipinski definition) is 1. The molecule has 144 valence electrons. The fourth-order valence-electron chi connectivity index (χ4n) is 4.62. The summed E-state index contributed by atoms with van der Waals surface area (Å²) in [6.45, 7) is 4.36. The van der Waals surface area contributed by atoms with Crippen molar-refractivity contribution in [3.63, 3.8) is 0 Å². The number of hydrogen-bond acceptors (Lipinski definition) is 4. The Morgan fingerprint density at radius 1 is 1.37 bits per heavy atom. The van der Waals surface area contributed by atoms with E-state index in [4.69, 9.17) is 4.74 Å². The van der Waals surface area contributed by atoms with Crippen LogP contribution in [0.3, 0.4) is 0 Å². The zero-order chi connectivity index (χ0) is 19.0. The predicted molar refractivity (Wildman–Crippen MR) is 116 cm³/mol. The number of para-hydroxylation sites is 1. The van der Waals surface area contributed by atoms with Crippen molar-refractivity contribution in [2.45, 2.75) is 35.4 Å². The number of likely N-dealkylation sites (N-methyl/N-ethyl adjacent to an activating group) is 1. The molecule has 4 atom stereocenters. The van der Waals surface area contributed by atoms with Crippen LogP contribution in [0.25, 0.3) is 0 Å². The van der Waals surface area contributed by atoms with Crippen molar-refractivity contribution in [2.24, 2.45) is 5.92 Å². The standard InChI is InChI=1S/C21H26IN3O2/c1-3-25-18-10-9-16(27-20(26)23-15-7-5-4-6-8-15)13-17(18)21(22)11-12-24(2)19(25)14-21/h4-10,13,17-19H,3,11-12,14H2,1-2H3,(H,23,26)/t17?,18?,19?,21-/m0/s1. The molecule has 0 aromatic heterocycles. The van der Waals surface area contributed by atoms with Crippen molar-refractivity contribution >= 4 is 34.4 Å². The van der Waals surface area contributed by atoms with Crippen LogP contribution in [-0.4, -0.2) is 51.7 Å². The number of allylic oxidation sites excluding steroid dienone is 1. The Bertz CT molecular complexity index is 766. The van der Waals surface area contributed by atoms with E-state index in [9.17, 15) is 4.79 Å². The van der Waals surface area contributed by atoms with Gasteiger partial charge in [0.05, 0.1) is 6.17 Å². The number of amides is 1. The summed E-state index contributed by atoms with van der Waals surface area (Å²) in [6, 6.07) is 9.75. The van der Waals surface area contributed by atoms with Gasteiger partial charge in [-0.1, -0.05) is 53.8 Å². The number of piperidine rings is 2. The molecule has 0 saturated carbocycles. The first-order valence-corrected chi connectivity index (χ1v) is 10.7. The third-order valence-corrected chi connectivity index (χ3v) is 7.74. The molecule has 4 rings (SSSR count). The normalized spacial score (nSPS) is 33.1. The number of benzene rings is 1. The fourth-order valence-corrected chi connectivity index (χ4v) is 5.81. The number of likely N-dealkylation sites (tertiary alicyclic amines) is 2. The van der Waals surface area contributed by atoms with Crippen LogP contribution in [-0.2, 0) is 4.74 Å². The zero-order valence-electron chi connectivity index (χ0n) is 15.8. The first kappa shape index (κ1) is 19.0. The summed E-state index contributed by atoms with van der Waals surface area (Å²) in [6.07, 6.45) is 8.70. The van der Waals surface area contributed by atoms with E-state index in [1.54, 1.807) is 0 Å². The van der Waals surface area contributed by atoms with Crippen LogP contribution in [0.4, 0.5) is 10.5 Å². The van der Waals surface area contributed by atoms with Crippen molar-refractivity contribution in [2.75, 3.05) is 25.5 Å². The summed E-state index contributed by atoms with van der Waals surface area (Å²) in [5.41, 5.74) is 0.735. The van der Waals surface area contributed by atoms with Crippen LogP contribution in [0.1, 0.15) is 19.8 Å². The first-order valence-electron chi connectivity index (χ1n) is 9.59. The lowest BCUT2D eigenvalue weighted by Crippen LogP contribution is -2.66. The highest BCUT2D eigenvalue weighted by molar-refractivity contribution is 14.1. The fraction of sp³-hybridized carbons (Fsp3) is 0.476. The van der Waals surface area contributed by atoms with Crippen LogP contribution < -0.4 is 5.32 Å². The number of ether oxygens (including phenoxy) is 1. The summed E-state index contributed by atoms with van der Waals surface area (Å²) in [5, 5.41) is 2.79. The highest BCUT2D eigenvalue weighted by Crippen LogP contribution is 2.50. The van der Waals surface area contributed by atoms with E-state index in [0.29, 0.717) is 23.9 Å². The van der Waals surface area contributed by atoms with E-state index in [2.05, 4.69) is 63.8 Å². The summed E-state index contributed by atoms with van der Waals surface area (Å²) in [7, 11) is 2.23. The lowest BCUT2D eigenvalue weighted by molar-refractivity contribution is -0.0502. The number of carbonyl (C=O) groups excluding carboxylic acids is 1. The molecule has 1 aromatic rings. The smallest absolute Gasteiger partial charge is 0.410 e. The minimum Gasteiger partial charge on any atom is -0.410 e. The number of nitrogens with one attached hydrogen (secondary N) is 1. The minimum atomic E-state index is -0.442. The number of halogens is 1. The monoisotopic (exact) mass is 479 g/mol. The van der Waals surface area contributed by atoms with Gasteiger partial charge in [-0.3, -0.25) is 15.1 Å². The number of carbonyl (C=O) groups is 1. The molecule has 1 aromatic carbocycles. The SMILES string of the molecule is CCN1C2C=CC(OC(=O)Nc3ccccc3)=CC2[C@]2(I)CCN(C)C1C2. The highest BCUT2D eigenvalue weighted by atomic mass is 127. The Balaban J connectivity index is 1.51. The molecule has 27 heavy (non-hydrogen) atoms. The average molecular weight is 479 g/mol. The predicted octanol–water partition coefficient (Wildman–Crippen LogP) is 4.23. The van der Waals surface area contributed by atoms with Gasteiger partial charge in [-0.25, -0.2) is 4.79 Å². The van der Waals surface area contributed by atoms with E-state index in [1.165, 1.54) is 0 Å². The Kier molecular flexibility index (Phi) is 5.31. The maximum absolute atomic E-state index is 12.3. The van der Waals surface area contributed by atoms with Gasteiger partial charge >= 0.3 is 6.09 Å². The average Bonchev–Trinajstić information content (AvgIpc) is 2.66. The van der Waals surface area contributed by atoms with Gasteiger partial charge in [0.1, 0.15) is 5.76 Å². The van der Waals surface area contributed by atoms with Crippen LogP contribution in [0.2, 0.25) is 0 Å². The number of nitrogens with zero attached hydrogens (tertiary/aromatic N) is 2. The molecule has 2 fully saturated rings. The summed E-state index contributed by atoms with van der Waals surface area (Å²) in [5.74, 6) is 1.00. The molecule has 5 nitrogen and oxygen atoms in total. The van der Waals surface area contributed by atoms with E-state index < -0.39 is 6.09 Å².